The van der Waals surface area contributed by atoms with Gasteiger partial charge in [0.25, 0.3) is 0 Å². The zero-order valence-corrected chi connectivity index (χ0v) is 27.4. The summed E-state index contributed by atoms with van der Waals surface area (Å²) in [4.78, 5) is 19.0. The first-order valence-electron chi connectivity index (χ1n) is 16.5. The number of carbonyl (C=O) groups excluding carboxylic acids is 1. The Kier molecular flexibility index (Phi) is 7.09. The highest BCUT2D eigenvalue weighted by molar-refractivity contribution is 7.99. The molecule has 0 aliphatic heterocycles. The molecule has 7 atom stereocenters. The maximum absolute atomic E-state index is 14.2. The van der Waals surface area contributed by atoms with Gasteiger partial charge in [0.15, 0.2) is 5.78 Å². The number of pyridine rings is 1. The molecular weight excluding hydrogens is 598 g/mol. The lowest BCUT2D eigenvalue weighted by molar-refractivity contribution is -0.185. The SMILES string of the molecule is CO[C@]1(C(=O)CSc2ccc3ccccc3n2)CCC2C3CCC4=Cc5c(cnn5-c5ccc(F)cc5)CC4(C)C3[C@@H](O)CC21C. The van der Waals surface area contributed by atoms with Crippen molar-refractivity contribution < 1.29 is 19.0 Å². The Hall–Kier alpha value is -3.33. The van der Waals surface area contributed by atoms with Crippen molar-refractivity contribution >= 4 is 34.5 Å². The summed E-state index contributed by atoms with van der Waals surface area (Å²) in [5, 5.41) is 18.8. The predicted molar refractivity (Wildman–Crippen MR) is 178 cm³/mol. The average Bonchev–Trinajstić information content (AvgIpc) is 3.59. The topological polar surface area (TPSA) is 77.2 Å². The summed E-state index contributed by atoms with van der Waals surface area (Å²) in [5.74, 6) is 0.797. The molecule has 0 radical (unpaired) electrons. The van der Waals surface area contributed by atoms with Crippen LogP contribution in [0, 0.1) is 34.4 Å². The third kappa shape index (κ3) is 4.32. The highest BCUT2D eigenvalue weighted by Gasteiger charge is 2.69. The van der Waals surface area contributed by atoms with Gasteiger partial charge < -0.3 is 9.84 Å². The lowest BCUT2D eigenvalue weighted by Crippen LogP contribution is -2.62. The van der Waals surface area contributed by atoms with Crippen LogP contribution < -0.4 is 0 Å². The molecule has 2 heterocycles. The molecule has 0 bridgehead atoms. The standard InChI is InChI=1S/C38H40FN3O3S/c1-36-19-24-21-40-42(27-12-10-26(39)11-13-27)31(24)18-25(36)9-14-28-29-16-17-38(45-3,37(29,2)20-32(43)35(28)36)33(44)22-46-34-15-8-23-6-4-5-7-30(23)41-34/h4-8,10-13,15,18,21,28-29,32,35,43H,9,14,16-17,19-20,22H2,1-3H3/t28?,29?,32-,35?,36?,37?,38-/m0/s1. The number of hydrogen-bond donors (Lipinski definition) is 1. The summed E-state index contributed by atoms with van der Waals surface area (Å²) in [6.45, 7) is 4.54. The van der Waals surface area contributed by atoms with E-state index in [4.69, 9.17) is 14.8 Å². The fourth-order valence-electron chi connectivity index (χ4n) is 10.3. The van der Waals surface area contributed by atoms with Crippen LogP contribution in [0.3, 0.4) is 0 Å². The number of para-hydroxylation sites is 1. The van der Waals surface area contributed by atoms with E-state index in [-0.39, 0.29) is 34.6 Å². The van der Waals surface area contributed by atoms with Crippen molar-refractivity contribution in [2.75, 3.05) is 12.9 Å². The number of halogens is 1. The molecule has 3 saturated carbocycles. The summed E-state index contributed by atoms with van der Waals surface area (Å²) in [6.07, 6.45) is 8.54. The number of rotatable bonds is 6. The van der Waals surface area contributed by atoms with Crippen LogP contribution in [0.1, 0.15) is 57.2 Å². The number of methoxy groups -OCH3 is 1. The maximum atomic E-state index is 14.2. The number of benzene rings is 2. The molecule has 2 aromatic carbocycles. The van der Waals surface area contributed by atoms with E-state index in [2.05, 4.69) is 26.0 Å². The fraction of sp³-hybridized carbons (Fsp3) is 0.447. The number of aliphatic hydroxyl groups is 1. The third-order valence-electron chi connectivity index (χ3n) is 12.3. The number of ether oxygens (including phenoxy) is 1. The average molecular weight is 638 g/mol. The number of allylic oxidation sites excluding steroid dienone is 1. The molecule has 1 N–H and O–H groups in total. The third-order valence-corrected chi connectivity index (χ3v) is 13.3. The van der Waals surface area contributed by atoms with Crippen molar-refractivity contribution in [1.29, 1.82) is 0 Å². The summed E-state index contributed by atoms with van der Waals surface area (Å²) in [6, 6.07) is 18.5. The van der Waals surface area contributed by atoms with Gasteiger partial charge in [0.1, 0.15) is 11.4 Å². The predicted octanol–water partition coefficient (Wildman–Crippen LogP) is 7.46. The largest absolute Gasteiger partial charge is 0.393 e. The van der Waals surface area contributed by atoms with E-state index in [1.807, 2.05) is 41.2 Å². The second-order valence-corrected chi connectivity index (χ2v) is 15.4. The number of Topliss-reactive ketones (excluding diaryl/α,β-unsaturated/α-hetero) is 1. The van der Waals surface area contributed by atoms with Crippen molar-refractivity contribution in [2.24, 2.45) is 28.6 Å². The number of aromatic nitrogens is 3. The monoisotopic (exact) mass is 637 g/mol. The summed E-state index contributed by atoms with van der Waals surface area (Å²) >= 11 is 1.48. The van der Waals surface area contributed by atoms with Crippen LogP contribution in [0.15, 0.2) is 77.5 Å². The Morgan fingerprint density at radius 3 is 2.72 bits per heavy atom. The van der Waals surface area contributed by atoms with Crippen molar-refractivity contribution in [3.05, 3.63) is 89.5 Å². The molecule has 5 unspecified atom stereocenters. The van der Waals surface area contributed by atoms with Crippen molar-refractivity contribution in [3.63, 3.8) is 0 Å². The van der Waals surface area contributed by atoms with Crippen LogP contribution in [-0.2, 0) is 16.0 Å². The van der Waals surface area contributed by atoms with Gasteiger partial charge in [-0.3, -0.25) is 4.79 Å². The number of ketones is 1. The van der Waals surface area contributed by atoms with Gasteiger partial charge in [-0.25, -0.2) is 14.1 Å². The molecule has 0 amide bonds. The summed E-state index contributed by atoms with van der Waals surface area (Å²) in [5.41, 5.74) is 3.74. The first-order valence-corrected chi connectivity index (χ1v) is 17.4. The summed E-state index contributed by atoms with van der Waals surface area (Å²) in [7, 11) is 1.69. The molecule has 238 valence electrons. The van der Waals surface area contributed by atoms with E-state index in [0.29, 0.717) is 18.8 Å². The number of nitrogens with zero attached hydrogens (tertiary/aromatic N) is 3. The number of aliphatic hydroxyl groups excluding tert-OH is 1. The summed E-state index contributed by atoms with van der Waals surface area (Å²) < 4.78 is 21.8. The van der Waals surface area contributed by atoms with Gasteiger partial charge in [-0.15, -0.1) is 0 Å². The van der Waals surface area contributed by atoms with Crippen molar-refractivity contribution in [2.45, 2.75) is 69.1 Å². The van der Waals surface area contributed by atoms with E-state index in [1.54, 1.807) is 19.2 Å². The minimum absolute atomic E-state index is 0.0897. The maximum Gasteiger partial charge on any atom is 0.175 e. The number of fused-ring (bicyclic) bond motifs is 7. The molecule has 2 aromatic heterocycles. The van der Waals surface area contributed by atoms with E-state index in [9.17, 15) is 14.3 Å². The number of thioether (sulfide) groups is 1. The van der Waals surface area contributed by atoms with Crippen LogP contribution in [0.5, 0.6) is 0 Å². The molecule has 4 aromatic rings. The molecule has 4 aliphatic rings. The van der Waals surface area contributed by atoms with Gasteiger partial charge in [-0.2, -0.15) is 5.10 Å². The molecule has 0 saturated heterocycles. The van der Waals surface area contributed by atoms with E-state index >= 15 is 0 Å². The van der Waals surface area contributed by atoms with Crippen LogP contribution in [-0.4, -0.2) is 50.2 Å². The Morgan fingerprint density at radius 2 is 1.91 bits per heavy atom. The zero-order chi connectivity index (χ0) is 31.8. The van der Waals surface area contributed by atoms with Crippen LogP contribution in [0.25, 0.3) is 22.7 Å². The first kappa shape index (κ1) is 30.0. The van der Waals surface area contributed by atoms with E-state index < -0.39 is 17.1 Å². The van der Waals surface area contributed by atoms with Gasteiger partial charge in [0.2, 0.25) is 0 Å². The number of carbonyl (C=O) groups is 1. The quantitative estimate of drug-likeness (QED) is 0.221. The molecule has 46 heavy (non-hydrogen) atoms. The number of hydrogen-bond acceptors (Lipinski definition) is 6. The molecule has 8 rings (SSSR count). The van der Waals surface area contributed by atoms with Gasteiger partial charge in [-0.1, -0.05) is 55.4 Å². The van der Waals surface area contributed by atoms with Crippen LogP contribution in [0.2, 0.25) is 0 Å². The minimum Gasteiger partial charge on any atom is -0.393 e. The molecule has 8 heteroatoms. The second-order valence-electron chi connectivity index (χ2n) is 14.4. The normalized spacial score (nSPS) is 33.1. The van der Waals surface area contributed by atoms with Gasteiger partial charge in [0, 0.05) is 17.9 Å². The van der Waals surface area contributed by atoms with Gasteiger partial charge in [0.05, 0.1) is 40.0 Å². The van der Waals surface area contributed by atoms with Crippen molar-refractivity contribution in [1.82, 2.24) is 14.8 Å². The molecular formula is C38H40FN3O3S. The Morgan fingerprint density at radius 1 is 1.11 bits per heavy atom. The molecule has 4 aliphatic carbocycles. The zero-order valence-electron chi connectivity index (χ0n) is 26.6. The minimum atomic E-state index is -0.930. The van der Waals surface area contributed by atoms with Crippen LogP contribution in [0.4, 0.5) is 4.39 Å². The molecule has 6 nitrogen and oxygen atoms in total. The first-order chi connectivity index (χ1) is 22.2. The highest BCUT2D eigenvalue weighted by Crippen LogP contribution is 2.68. The van der Waals surface area contributed by atoms with Crippen molar-refractivity contribution in [3.8, 4) is 5.69 Å². The Bertz CT molecular complexity index is 1870. The van der Waals surface area contributed by atoms with Crippen LogP contribution >= 0.6 is 11.8 Å². The van der Waals surface area contributed by atoms with E-state index in [1.165, 1.54) is 29.5 Å². The second kappa shape index (κ2) is 10.9. The lowest BCUT2D eigenvalue weighted by Gasteiger charge is -2.61. The Labute approximate surface area is 273 Å². The van der Waals surface area contributed by atoms with Gasteiger partial charge in [-0.05, 0) is 110 Å². The van der Waals surface area contributed by atoms with Gasteiger partial charge >= 0.3 is 0 Å². The van der Waals surface area contributed by atoms with E-state index in [0.717, 1.165) is 58.6 Å². The smallest absolute Gasteiger partial charge is 0.175 e. The lowest BCUT2D eigenvalue weighted by atomic mass is 9.45. The Balaban J connectivity index is 1.06. The molecule has 3 fully saturated rings. The highest BCUT2D eigenvalue weighted by atomic mass is 32.2. The molecule has 0 spiro atoms. The fourth-order valence-corrected chi connectivity index (χ4v) is 11.1.